The summed E-state index contributed by atoms with van der Waals surface area (Å²) < 4.78 is 6.55. The number of aromatic nitrogens is 1. The van der Waals surface area contributed by atoms with Gasteiger partial charge in [0.1, 0.15) is 17.0 Å². The third-order valence-corrected chi connectivity index (χ3v) is 6.33. The summed E-state index contributed by atoms with van der Waals surface area (Å²) in [6, 6.07) is 11.8. The maximum absolute atomic E-state index is 12.6. The first-order chi connectivity index (χ1) is 13.2. The second-order valence-corrected chi connectivity index (χ2v) is 8.38. The molecule has 0 bridgehead atoms. The van der Waals surface area contributed by atoms with Crippen molar-refractivity contribution in [3.8, 4) is 5.75 Å². The standard InChI is InChI=1S/C22H27N3O2/c26-21(18-5-3-11-23-18)24-19-14-22(27-20-6-2-1-4-17(19)20)9-12-25(13-10-22)15-16-7-8-16/h1-6,11,16,19,23H,7-10,12-15H2,(H,24,26)/t19-/m0/s1. The van der Waals surface area contributed by atoms with Gasteiger partial charge in [-0.2, -0.15) is 0 Å². The fourth-order valence-corrected chi connectivity index (χ4v) is 4.57. The molecule has 5 heteroatoms. The number of hydrogen-bond acceptors (Lipinski definition) is 3. The maximum atomic E-state index is 12.6. The molecule has 1 amide bonds. The van der Waals surface area contributed by atoms with Crippen LogP contribution >= 0.6 is 0 Å². The molecule has 5 nitrogen and oxygen atoms in total. The minimum Gasteiger partial charge on any atom is -0.487 e. The van der Waals surface area contributed by atoms with E-state index in [1.54, 1.807) is 6.20 Å². The normalized spacial score (nSPS) is 24.2. The van der Waals surface area contributed by atoms with Gasteiger partial charge < -0.3 is 19.9 Å². The number of ether oxygens (including phenoxy) is 1. The number of benzene rings is 1. The second kappa shape index (κ2) is 6.71. The highest BCUT2D eigenvalue weighted by molar-refractivity contribution is 5.92. The quantitative estimate of drug-likeness (QED) is 0.872. The molecule has 142 valence electrons. The molecular weight excluding hydrogens is 338 g/mol. The van der Waals surface area contributed by atoms with Crippen LogP contribution in [0.3, 0.4) is 0 Å². The molecule has 27 heavy (non-hydrogen) atoms. The first-order valence-corrected chi connectivity index (χ1v) is 10.2. The van der Waals surface area contributed by atoms with Gasteiger partial charge in [0.2, 0.25) is 0 Å². The lowest BCUT2D eigenvalue weighted by molar-refractivity contribution is -0.0254. The van der Waals surface area contributed by atoms with E-state index in [0.29, 0.717) is 5.69 Å². The Morgan fingerprint density at radius 1 is 1.19 bits per heavy atom. The smallest absolute Gasteiger partial charge is 0.268 e. The van der Waals surface area contributed by atoms with Crippen LogP contribution in [-0.2, 0) is 0 Å². The van der Waals surface area contributed by atoms with E-state index in [-0.39, 0.29) is 17.6 Å². The van der Waals surface area contributed by atoms with Gasteiger partial charge in [0.15, 0.2) is 0 Å². The number of amides is 1. The number of rotatable bonds is 4. The molecule has 1 aromatic heterocycles. The highest BCUT2D eigenvalue weighted by Gasteiger charge is 2.44. The largest absolute Gasteiger partial charge is 0.487 e. The van der Waals surface area contributed by atoms with Crippen molar-refractivity contribution in [2.24, 2.45) is 5.92 Å². The van der Waals surface area contributed by atoms with Crippen molar-refractivity contribution >= 4 is 5.91 Å². The molecular formula is C22H27N3O2. The van der Waals surface area contributed by atoms with Crippen molar-refractivity contribution < 1.29 is 9.53 Å². The molecule has 0 unspecified atom stereocenters. The average molecular weight is 365 g/mol. The zero-order valence-corrected chi connectivity index (χ0v) is 15.6. The Kier molecular flexibility index (Phi) is 4.20. The Labute approximate surface area is 160 Å². The van der Waals surface area contributed by atoms with Crippen LogP contribution in [0.1, 0.15) is 54.2 Å². The van der Waals surface area contributed by atoms with Crippen molar-refractivity contribution in [1.29, 1.82) is 0 Å². The number of hydrogen-bond donors (Lipinski definition) is 2. The van der Waals surface area contributed by atoms with Crippen LogP contribution in [0.5, 0.6) is 5.75 Å². The molecule has 1 aliphatic carbocycles. The third kappa shape index (κ3) is 3.48. The maximum Gasteiger partial charge on any atom is 0.268 e. The Morgan fingerprint density at radius 3 is 2.74 bits per heavy atom. The van der Waals surface area contributed by atoms with E-state index in [4.69, 9.17) is 4.74 Å². The van der Waals surface area contributed by atoms with Crippen LogP contribution < -0.4 is 10.1 Å². The summed E-state index contributed by atoms with van der Waals surface area (Å²) in [4.78, 5) is 18.2. The number of aromatic amines is 1. The van der Waals surface area contributed by atoms with Gasteiger partial charge in [0.05, 0.1) is 6.04 Å². The van der Waals surface area contributed by atoms with Crippen molar-refractivity contribution in [1.82, 2.24) is 15.2 Å². The van der Waals surface area contributed by atoms with E-state index in [2.05, 4.69) is 21.3 Å². The van der Waals surface area contributed by atoms with Gasteiger partial charge in [-0.25, -0.2) is 0 Å². The Morgan fingerprint density at radius 2 is 2.00 bits per heavy atom. The Balaban J connectivity index is 1.34. The molecule has 2 N–H and O–H groups in total. The lowest BCUT2D eigenvalue weighted by Gasteiger charge is -2.47. The minimum absolute atomic E-state index is 0.0132. The fourth-order valence-electron chi connectivity index (χ4n) is 4.57. The van der Waals surface area contributed by atoms with Crippen LogP contribution in [0, 0.1) is 5.92 Å². The van der Waals surface area contributed by atoms with Crippen molar-refractivity contribution in [2.75, 3.05) is 19.6 Å². The molecule has 1 atom stereocenters. The van der Waals surface area contributed by atoms with Gasteiger partial charge in [0, 0.05) is 37.8 Å². The molecule has 5 rings (SSSR count). The van der Waals surface area contributed by atoms with Crippen molar-refractivity contribution in [2.45, 2.75) is 43.7 Å². The summed E-state index contributed by atoms with van der Waals surface area (Å²) in [6.45, 7) is 3.44. The number of H-pyrrole nitrogens is 1. The van der Waals surface area contributed by atoms with Crippen LogP contribution in [0.2, 0.25) is 0 Å². The Hall–Kier alpha value is -2.27. The summed E-state index contributed by atoms with van der Waals surface area (Å²) in [6.07, 6.45) is 7.49. The van der Waals surface area contributed by atoms with E-state index >= 15 is 0 Å². The van der Waals surface area contributed by atoms with E-state index < -0.39 is 0 Å². The predicted octanol–water partition coefficient (Wildman–Crippen LogP) is 3.51. The molecule has 1 saturated heterocycles. The van der Waals surface area contributed by atoms with Gasteiger partial charge in [-0.3, -0.25) is 4.79 Å². The molecule has 2 fully saturated rings. The van der Waals surface area contributed by atoms with Crippen LogP contribution in [0.25, 0.3) is 0 Å². The molecule has 0 radical (unpaired) electrons. The van der Waals surface area contributed by atoms with Gasteiger partial charge in [-0.15, -0.1) is 0 Å². The number of fused-ring (bicyclic) bond motifs is 1. The fraction of sp³-hybridized carbons (Fsp3) is 0.500. The number of nitrogens with one attached hydrogen (secondary N) is 2. The van der Waals surface area contributed by atoms with E-state index in [1.807, 2.05) is 30.3 Å². The zero-order chi connectivity index (χ0) is 18.3. The number of likely N-dealkylation sites (tertiary alicyclic amines) is 1. The number of para-hydroxylation sites is 1. The molecule has 1 saturated carbocycles. The van der Waals surface area contributed by atoms with Crippen molar-refractivity contribution in [3.63, 3.8) is 0 Å². The molecule has 1 spiro atoms. The molecule has 3 aliphatic rings. The summed E-state index contributed by atoms with van der Waals surface area (Å²) in [7, 11) is 0. The predicted molar refractivity (Wildman–Crippen MR) is 104 cm³/mol. The Bertz CT molecular complexity index is 805. The van der Waals surface area contributed by atoms with E-state index in [1.165, 1.54) is 19.4 Å². The number of carbonyl (C=O) groups excluding carboxylic acids is 1. The van der Waals surface area contributed by atoms with Crippen molar-refractivity contribution in [3.05, 3.63) is 53.9 Å². The minimum atomic E-state index is -0.165. The van der Waals surface area contributed by atoms with E-state index in [0.717, 1.165) is 49.6 Å². The topological polar surface area (TPSA) is 57.4 Å². The molecule has 1 aromatic carbocycles. The summed E-state index contributed by atoms with van der Waals surface area (Å²) >= 11 is 0. The van der Waals surface area contributed by atoms with Gasteiger partial charge in [0.25, 0.3) is 5.91 Å². The number of nitrogens with zero attached hydrogens (tertiary/aromatic N) is 1. The number of carbonyl (C=O) groups is 1. The van der Waals surface area contributed by atoms with E-state index in [9.17, 15) is 4.79 Å². The molecule has 2 aliphatic heterocycles. The highest BCUT2D eigenvalue weighted by atomic mass is 16.5. The first-order valence-electron chi connectivity index (χ1n) is 10.2. The highest BCUT2D eigenvalue weighted by Crippen LogP contribution is 2.44. The van der Waals surface area contributed by atoms with Gasteiger partial charge in [-0.05, 0) is 49.8 Å². The van der Waals surface area contributed by atoms with Gasteiger partial charge in [-0.1, -0.05) is 18.2 Å². The van der Waals surface area contributed by atoms with Crippen LogP contribution in [0.4, 0.5) is 0 Å². The van der Waals surface area contributed by atoms with Gasteiger partial charge >= 0.3 is 0 Å². The SMILES string of the molecule is O=C(N[C@H]1CC2(CCN(CC3CC3)CC2)Oc2ccccc21)c1ccc[nH]1. The zero-order valence-electron chi connectivity index (χ0n) is 15.6. The molecule has 2 aromatic rings. The summed E-state index contributed by atoms with van der Waals surface area (Å²) in [5.41, 5.74) is 1.53. The first kappa shape index (κ1) is 16.9. The average Bonchev–Trinajstić information content (AvgIpc) is 3.32. The second-order valence-electron chi connectivity index (χ2n) is 8.38. The van der Waals surface area contributed by atoms with Crippen LogP contribution in [0.15, 0.2) is 42.6 Å². The monoisotopic (exact) mass is 365 g/mol. The third-order valence-electron chi connectivity index (χ3n) is 6.33. The summed E-state index contributed by atoms with van der Waals surface area (Å²) in [5, 5.41) is 3.24. The number of piperidine rings is 1. The lowest BCUT2D eigenvalue weighted by Crippen LogP contribution is -2.52. The molecule has 3 heterocycles. The summed E-state index contributed by atoms with van der Waals surface area (Å²) in [5.74, 6) is 1.80. The van der Waals surface area contributed by atoms with Crippen LogP contribution in [-0.4, -0.2) is 41.0 Å². The lowest BCUT2D eigenvalue weighted by atomic mass is 9.80.